The van der Waals surface area contributed by atoms with E-state index in [4.69, 9.17) is 38.6 Å². The molecule has 36 heavy (non-hydrogen) atoms. The Bertz CT molecular complexity index is 901. The normalized spacial score (nSPS) is 11.4. The van der Waals surface area contributed by atoms with E-state index < -0.39 is 70.4 Å². The second-order valence-corrected chi connectivity index (χ2v) is 6.89. The summed E-state index contributed by atoms with van der Waals surface area (Å²) >= 11 is 0. The lowest BCUT2D eigenvalue weighted by Crippen LogP contribution is -2.15. The summed E-state index contributed by atoms with van der Waals surface area (Å²) in [5.41, 5.74) is 0. The van der Waals surface area contributed by atoms with E-state index in [-0.39, 0.29) is 66.1 Å². The van der Waals surface area contributed by atoms with Gasteiger partial charge in [-0.25, -0.2) is 17.6 Å². The first-order valence-electron chi connectivity index (χ1n) is 10.8. The van der Waals surface area contributed by atoms with Gasteiger partial charge in [0.1, 0.15) is 13.2 Å². The Balaban J connectivity index is 2.19. The molecule has 0 spiro atoms. The zero-order valence-electron chi connectivity index (χ0n) is 19.1. The van der Waals surface area contributed by atoms with Crippen LogP contribution in [-0.4, -0.2) is 89.5 Å². The molecule has 0 radical (unpaired) electrons. The summed E-state index contributed by atoms with van der Waals surface area (Å²) in [6.07, 6.45) is 0. The molecule has 0 fully saturated rings. The van der Waals surface area contributed by atoms with Gasteiger partial charge in [-0.15, -0.1) is 0 Å². The topological polar surface area (TPSA) is 95.8 Å². The smallest absolute Gasteiger partial charge is 0.204 e. The van der Waals surface area contributed by atoms with Crippen molar-refractivity contribution in [3.05, 3.63) is 34.9 Å². The van der Waals surface area contributed by atoms with Crippen molar-refractivity contribution < 1.29 is 65.0 Å². The fourth-order valence-corrected chi connectivity index (χ4v) is 2.93. The van der Waals surface area contributed by atoms with Crippen LogP contribution in [0.5, 0.6) is 11.5 Å². The van der Waals surface area contributed by atoms with Gasteiger partial charge in [0.05, 0.1) is 76.8 Å². The molecule has 0 unspecified atom stereocenters. The van der Waals surface area contributed by atoms with Crippen molar-refractivity contribution >= 4 is 10.8 Å². The average molecular weight is 532 g/mol. The van der Waals surface area contributed by atoms with E-state index in [2.05, 4.69) is 0 Å². The van der Waals surface area contributed by atoms with Crippen LogP contribution in [0.3, 0.4) is 0 Å². The molecule has 2 aromatic carbocycles. The number of hydrogen-bond donors (Lipinski definition) is 2. The molecule has 0 aromatic heterocycles. The average Bonchev–Trinajstić information content (AvgIpc) is 2.87. The second-order valence-electron chi connectivity index (χ2n) is 6.89. The van der Waals surface area contributed by atoms with Crippen LogP contribution >= 0.6 is 0 Å². The first-order valence-corrected chi connectivity index (χ1v) is 10.8. The number of ether oxygens (including phenoxy) is 6. The van der Waals surface area contributed by atoms with Gasteiger partial charge >= 0.3 is 0 Å². The van der Waals surface area contributed by atoms with Crippen molar-refractivity contribution in [1.29, 1.82) is 0 Å². The lowest BCUT2D eigenvalue weighted by Gasteiger charge is -2.17. The Morgan fingerprint density at radius 1 is 0.389 bits per heavy atom. The van der Waals surface area contributed by atoms with E-state index >= 15 is 0 Å². The number of aliphatic hydroxyl groups excluding tert-OH is 2. The predicted molar refractivity (Wildman–Crippen MR) is 112 cm³/mol. The van der Waals surface area contributed by atoms with E-state index in [1.807, 2.05) is 0 Å². The van der Waals surface area contributed by atoms with Crippen LogP contribution in [0.15, 0.2) is 0 Å². The fourth-order valence-electron chi connectivity index (χ4n) is 2.93. The summed E-state index contributed by atoms with van der Waals surface area (Å²) in [6.45, 7) is -1.31. The highest BCUT2D eigenvalue weighted by Crippen LogP contribution is 2.42. The number of rotatable bonds is 18. The number of fused-ring (bicyclic) bond motifs is 1. The molecule has 14 heteroatoms. The van der Waals surface area contributed by atoms with E-state index in [0.717, 1.165) is 0 Å². The molecule has 0 aliphatic carbocycles. The van der Waals surface area contributed by atoms with Crippen LogP contribution in [-0.2, 0) is 18.9 Å². The van der Waals surface area contributed by atoms with Crippen LogP contribution in [0.4, 0.5) is 26.3 Å². The molecule has 0 saturated heterocycles. The first-order chi connectivity index (χ1) is 17.4. The van der Waals surface area contributed by atoms with Gasteiger partial charge in [0.2, 0.25) is 11.6 Å². The standard InChI is InChI=1S/C22H26F6O8/c23-15-13-14(22(20(28)18(15)26)36-12-10-34-8-6-32-4-2-30)16(24)17(25)19(27)21(13)35-11-9-33-7-5-31-3-1-29/h29-30H,1-12H2. The number of aliphatic hydroxyl groups is 2. The van der Waals surface area contributed by atoms with E-state index in [9.17, 15) is 26.3 Å². The fraction of sp³-hybridized carbons (Fsp3) is 0.545. The highest BCUT2D eigenvalue weighted by atomic mass is 19.2. The zero-order chi connectivity index (χ0) is 26.5. The monoisotopic (exact) mass is 532 g/mol. The van der Waals surface area contributed by atoms with Gasteiger partial charge in [-0.2, -0.15) is 8.78 Å². The van der Waals surface area contributed by atoms with E-state index in [1.165, 1.54) is 0 Å². The number of benzene rings is 2. The van der Waals surface area contributed by atoms with Gasteiger partial charge in [0.25, 0.3) is 0 Å². The molecule has 0 amide bonds. The molecule has 0 saturated carbocycles. The number of halogens is 6. The zero-order valence-corrected chi connectivity index (χ0v) is 19.1. The van der Waals surface area contributed by atoms with Crippen LogP contribution in [0.2, 0.25) is 0 Å². The molecule has 8 nitrogen and oxygen atoms in total. The Hall–Kier alpha value is -2.36. The van der Waals surface area contributed by atoms with E-state index in [0.29, 0.717) is 0 Å². The molecule has 0 heterocycles. The summed E-state index contributed by atoms with van der Waals surface area (Å²) in [7, 11) is 0. The molecule has 2 N–H and O–H groups in total. The predicted octanol–water partition coefficient (Wildman–Crippen LogP) is 2.48. The van der Waals surface area contributed by atoms with Crippen LogP contribution in [0.25, 0.3) is 10.8 Å². The Morgan fingerprint density at radius 3 is 1.03 bits per heavy atom. The van der Waals surface area contributed by atoms with Crippen LogP contribution in [0.1, 0.15) is 0 Å². The Morgan fingerprint density at radius 2 is 0.694 bits per heavy atom. The van der Waals surface area contributed by atoms with Crippen molar-refractivity contribution in [2.24, 2.45) is 0 Å². The SMILES string of the molecule is OCCOCCOCCOc1c(F)c(F)c(F)c2c(OCCOCCOCCO)c(F)c(F)c(F)c12. The van der Waals surface area contributed by atoms with Gasteiger partial charge in [0.15, 0.2) is 34.8 Å². The lowest BCUT2D eigenvalue weighted by molar-refractivity contribution is 0.0243. The third-order valence-electron chi connectivity index (χ3n) is 4.48. The summed E-state index contributed by atoms with van der Waals surface area (Å²) < 4.78 is 117. The second kappa shape index (κ2) is 15.7. The highest BCUT2D eigenvalue weighted by Gasteiger charge is 2.32. The van der Waals surface area contributed by atoms with Gasteiger partial charge in [-0.3, -0.25) is 0 Å². The largest absolute Gasteiger partial charge is 0.487 e. The summed E-state index contributed by atoms with van der Waals surface area (Å²) in [4.78, 5) is 0. The van der Waals surface area contributed by atoms with Gasteiger partial charge in [-0.1, -0.05) is 0 Å². The third-order valence-corrected chi connectivity index (χ3v) is 4.48. The van der Waals surface area contributed by atoms with Gasteiger partial charge in [0, 0.05) is 0 Å². The highest BCUT2D eigenvalue weighted by molar-refractivity contribution is 5.95. The molecular weight excluding hydrogens is 506 g/mol. The minimum atomic E-state index is -2.11. The van der Waals surface area contributed by atoms with Crippen molar-refractivity contribution in [3.8, 4) is 11.5 Å². The van der Waals surface area contributed by atoms with Gasteiger partial charge < -0.3 is 38.6 Å². The molecule has 0 aliphatic rings. The molecule has 2 aromatic rings. The van der Waals surface area contributed by atoms with Crippen molar-refractivity contribution in [3.63, 3.8) is 0 Å². The quantitative estimate of drug-likeness (QED) is 0.172. The van der Waals surface area contributed by atoms with Crippen LogP contribution < -0.4 is 9.47 Å². The molecule has 0 bridgehead atoms. The summed E-state index contributed by atoms with van der Waals surface area (Å²) in [6, 6.07) is 0. The molecule has 0 aliphatic heterocycles. The maximum absolute atomic E-state index is 14.6. The van der Waals surface area contributed by atoms with Crippen molar-refractivity contribution in [1.82, 2.24) is 0 Å². The molecular formula is C22H26F6O8. The van der Waals surface area contributed by atoms with Crippen LogP contribution in [0, 0.1) is 34.9 Å². The van der Waals surface area contributed by atoms with Crippen molar-refractivity contribution in [2.75, 3.05) is 79.3 Å². The maximum atomic E-state index is 14.6. The maximum Gasteiger partial charge on any atom is 0.204 e. The first kappa shape index (κ1) is 29.9. The lowest BCUT2D eigenvalue weighted by atomic mass is 10.1. The Kier molecular flexibility index (Phi) is 13.0. The minimum Gasteiger partial charge on any atom is -0.487 e. The molecule has 0 atom stereocenters. The third kappa shape index (κ3) is 7.82. The molecule has 204 valence electrons. The van der Waals surface area contributed by atoms with E-state index in [1.54, 1.807) is 0 Å². The summed E-state index contributed by atoms with van der Waals surface area (Å²) in [5, 5.41) is 14.8. The molecule has 2 rings (SSSR count). The Labute approximate surface area is 202 Å². The number of hydrogen-bond acceptors (Lipinski definition) is 8. The minimum absolute atomic E-state index is 0.0478. The summed E-state index contributed by atoms with van der Waals surface area (Å²) in [5.74, 6) is -14.5. The van der Waals surface area contributed by atoms with Crippen molar-refractivity contribution in [2.45, 2.75) is 0 Å². The van der Waals surface area contributed by atoms with Gasteiger partial charge in [-0.05, 0) is 0 Å².